The molecule has 24 heavy (non-hydrogen) atoms. The molecule has 0 fully saturated rings. The maximum absolute atomic E-state index is 12.1. The zero-order chi connectivity index (χ0) is 17.7. The Labute approximate surface area is 140 Å². The summed E-state index contributed by atoms with van der Waals surface area (Å²) in [5, 5.41) is 14.2. The quantitative estimate of drug-likeness (QED) is 0.513. The molecule has 0 unspecified atom stereocenters. The van der Waals surface area contributed by atoms with E-state index >= 15 is 0 Å². The van der Waals surface area contributed by atoms with Gasteiger partial charge in [0.15, 0.2) is 0 Å². The third kappa shape index (κ3) is 4.33. The lowest BCUT2D eigenvalue weighted by atomic mass is 10.1. The molecule has 0 spiro atoms. The van der Waals surface area contributed by atoms with Gasteiger partial charge in [-0.05, 0) is 61.7 Å². The van der Waals surface area contributed by atoms with Crippen LogP contribution in [0.25, 0.3) is 0 Å². The van der Waals surface area contributed by atoms with E-state index in [-0.39, 0.29) is 12.1 Å². The number of amides is 3. The molecule has 0 aliphatic rings. The Morgan fingerprint density at radius 2 is 1.67 bits per heavy atom. The number of rotatable bonds is 4. The van der Waals surface area contributed by atoms with E-state index < -0.39 is 5.91 Å². The molecule has 2 aromatic carbocycles. The summed E-state index contributed by atoms with van der Waals surface area (Å²) in [6.07, 6.45) is 0. The molecular weight excluding hydrogens is 306 g/mol. The molecule has 0 bridgehead atoms. The van der Waals surface area contributed by atoms with Crippen molar-refractivity contribution in [2.24, 2.45) is 0 Å². The molecule has 6 nitrogen and oxygen atoms in total. The van der Waals surface area contributed by atoms with E-state index in [4.69, 9.17) is 5.21 Å². The van der Waals surface area contributed by atoms with Crippen molar-refractivity contribution in [3.05, 3.63) is 64.7 Å². The summed E-state index contributed by atoms with van der Waals surface area (Å²) in [4.78, 5) is 23.4. The number of hydrogen-bond acceptors (Lipinski definition) is 3. The highest BCUT2D eigenvalue weighted by Crippen LogP contribution is 2.16. The minimum absolute atomic E-state index is 0.234. The standard InChI is InChI=1S/C18H21N3O3/c1-11-4-9-16(10-12(11)2)20-18(23)19-13(3)14-5-7-15(8-6-14)17(22)21-24/h4-10,13,24H,1-3H3,(H,21,22)(H2,19,20,23)/t13-/m1/s1. The van der Waals surface area contributed by atoms with Crippen LogP contribution in [-0.4, -0.2) is 17.1 Å². The second-order valence-electron chi connectivity index (χ2n) is 5.68. The fourth-order valence-electron chi connectivity index (χ4n) is 2.25. The topological polar surface area (TPSA) is 90.5 Å². The molecule has 0 aliphatic carbocycles. The van der Waals surface area contributed by atoms with Crippen LogP contribution in [0.15, 0.2) is 42.5 Å². The molecule has 3 amide bonds. The predicted molar refractivity (Wildman–Crippen MR) is 92.2 cm³/mol. The van der Waals surface area contributed by atoms with Gasteiger partial charge in [-0.15, -0.1) is 0 Å². The Hall–Kier alpha value is -2.86. The van der Waals surface area contributed by atoms with E-state index in [0.29, 0.717) is 5.56 Å². The van der Waals surface area contributed by atoms with Gasteiger partial charge in [-0.1, -0.05) is 18.2 Å². The summed E-state index contributed by atoms with van der Waals surface area (Å²) in [5.41, 5.74) is 5.78. The van der Waals surface area contributed by atoms with Gasteiger partial charge in [0, 0.05) is 11.3 Å². The van der Waals surface area contributed by atoms with Gasteiger partial charge in [0.2, 0.25) is 0 Å². The lowest BCUT2D eigenvalue weighted by molar-refractivity contribution is 0.0706. The van der Waals surface area contributed by atoms with Crippen molar-refractivity contribution in [2.45, 2.75) is 26.8 Å². The summed E-state index contributed by atoms with van der Waals surface area (Å²) in [7, 11) is 0. The number of carbonyl (C=O) groups excluding carboxylic acids is 2. The normalized spacial score (nSPS) is 11.5. The van der Waals surface area contributed by atoms with Crippen molar-refractivity contribution in [1.82, 2.24) is 10.8 Å². The zero-order valence-corrected chi connectivity index (χ0v) is 13.9. The van der Waals surface area contributed by atoms with Crippen LogP contribution < -0.4 is 16.1 Å². The Bertz CT molecular complexity index is 742. The summed E-state index contributed by atoms with van der Waals surface area (Å²) in [6, 6.07) is 11.8. The van der Waals surface area contributed by atoms with Crippen molar-refractivity contribution < 1.29 is 14.8 Å². The van der Waals surface area contributed by atoms with Gasteiger partial charge in [0.1, 0.15) is 0 Å². The Kier molecular flexibility index (Phi) is 5.55. The first-order chi connectivity index (χ1) is 11.4. The number of nitrogens with one attached hydrogen (secondary N) is 3. The first kappa shape index (κ1) is 17.5. The van der Waals surface area contributed by atoms with E-state index in [9.17, 15) is 9.59 Å². The molecule has 2 rings (SSSR count). The molecule has 4 N–H and O–H groups in total. The Balaban J connectivity index is 1.98. The Morgan fingerprint density at radius 3 is 2.25 bits per heavy atom. The molecule has 126 valence electrons. The van der Waals surface area contributed by atoms with E-state index in [0.717, 1.165) is 16.8 Å². The molecule has 0 saturated heterocycles. The smallest absolute Gasteiger partial charge is 0.319 e. The monoisotopic (exact) mass is 327 g/mol. The average Bonchev–Trinajstić information content (AvgIpc) is 2.57. The number of hydroxylamine groups is 1. The van der Waals surface area contributed by atoms with E-state index in [1.165, 1.54) is 5.56 Å². The van der Waals surface area contributed by atoms with Gasteiger partial charge in [-0.25, -0.2) is 10.3 Å². The number of urea groups is 1. The molecule has 6 heteroatoms. The number of anilines is 1. The van der Waals surface area contributed by atoms with Crippen LogP contribution >= 0.6 is 0 Å². The van der Waals surface area contributed by atoms with Gasteiger partial charge in [-0.2, -0.15) is 0 Å². The minimum Gasteiger partial charge on any atom is -0.331 e. The molecule has 1 atom stereocenters. The van der Waals surface area contributed by atoms with Crippen molar-refractivity contribution in [1.29, 1.82) is 0 Å². The number of hydrogen-bond donors (Lipinski definition) is 4. The lowest BCUT2D eigenvalue weighted by Crippen LogP contribution is -2.31. The number of benzene rings is 2. The van der Waals surface area contributed by atoms with E-state index in [1.54, 1.807) is 29.7 Å². The highest BCUT2D eigenvalue weighted by atomic mass is 16.5. The van der Waals surface area contributed by atoms with Crippen LogP contribution in [0.2, 0.25) is 0 Å². The second-order valence-corrected chi connectivity index (χ2v) is 5.68. The van der Waals surface area contributed by atoms with Crippen molar-refractivity contribution in [3.63, 3.8) is 0 Å². The van der Waals surface area contributed by atoms with Gasteiger partial charge in [-0.3, -0.25) is 10.0 Å². The van der Waals surface area contributed by atoms with Crippen LogP contribution in [0.4, 0.5) is 10.5 Å². The fraction of sp³-hybridized carbons (Fsp3) is 0.222. The molecule has 0 radical (unpaired) electrons. The van der Waals surface area contributed by atoms with Crippen LogP contribution in [0.5, 0.6) is 0 Å². The summed E-state index contributed by atoms with van der Waals surface area (Å²) < 4.78 is 0. The van der Waals surface area contributed by atoms with Gasteiger partial charge in [0.05, 0.1) is 6.04 Å². The fourth-order valence-corrected chi connectivity index (χ4v) is 2.25. The molecule has 2 aromatic rings. The van der Waals surface area contributed by atoms with E-state index in [1.807, 2.05) is 39.0 Å². The van der Waals surface area contributed by atoms with Crippen molar-refractivity contribution in [2.75, 3.05) is 5.32 Å². The first-order valence-corrected chi connectivity index (χ1v) is 7.60. The third-order valence-corrected chi connectivity index (χ3v) is 3.89. The maximum atomic E-state index is 12.1. The van der Waals surface area contributed by atoms with Crippen molar-refractivity contribution >= 4 is 17.6 Å². The highest BCUT2D eigenvalue weighted by Gasteiger charge is 2.11. The van der Waals surface area contributed by atoms with Gasteiger partial charge < -0.3 is 10.6 Å². The maximum Gasteiger partial charge on any atom is 0.319 e. The minimum atomic E-state index is -0.574. The molecule has 0 heterocycles. The molecule has 0 aromatic heterocycles. The SMILES string of the molecule is Cc1ccc(NC(=O)N[C@H](C)c2ccc(C(=O)NO)cc2)cc1C. The molecular formula is C18H21N3O3. The molecule has 0 saturated carbocycles. The van der Waals surface area contributed by atoms with Gasteiger partial charge >= 0.3 is 6.03 Å². The van der Waals surface area contributed by atoms with Gasteiger partial charge in [0.25, 0.3) is 5.91 Å². The first-order valence-electron chi connectivity index (χ1n) is 7.60. The zero-order valence-electron chi connectivity index (χ0n) is 13.9. The van der Waals surface area contributed by atoms with Crippen LogP contribution in [0.1, 0.15) is 40.0 Å². The van der Waals surface area contributed by atoms with Crippen LogP contribution in [-0.2, 0) is 0 Å². The predicted octanol–water partition coefficient (Wildman–Crippen LogP) is 3.31. The highest BCUT2D eigenvalue weighted by molar-refractivity contribution is 5.93. The Morgan fingerprint density at radius 1 is 1.00 bits per heavy atom. The summed E-state index contributed by atoms with van der Waals surface area (Å²) in [5.74, 6) is -0.574. The molecule has 0 aliphatic heterocycles. The number of carbonyl (C=O) groups is 2. The number of aryl methyl sites for hydroxylation is 2. The summed E-state index contributed by atoms with van der Waals surface area (Å²) >= 11 is 0. The van der Waals surface area contributed by atoms with Crippen molar-refractivity contribution in [3.8, 4) is 0 Å². The largest absolute Gasteiger partial charge is 0.331 e. The average molecular weight is 327 g/mol. The summed E-state index contributed by atoms with van der Waals surface area (Å²) in [6.45, 7) is 5.86. The van der Waals surface area contributed by atoms with E-state index in [2.05, 4.69) is 10.6 Å². The lowest BCUT2D eigenvalue weighted by Gasteiger charge is -2.16. The van der Waals surface area contributed by atoms with Crippen LogP contribution in [0, 0.1) is 13.8 Å². The second kappa shape index (κ2) is 7.61. The van der Waals surface area contributed by atoms with Crippen LogP contribution in [0.3, 0.4) is 0 Å². The third-order valence-electron chi connectivity index (χ3n) is 3.89.